The van der Waals surface area contributed by atoms with E-state index in [-0.39, 0.29) is 11.8 Å². The lowest BCUT2D eigenvalue weighted by atomic mass is 9.65. The Kier molecular flexibility index (Phi) is 11.9. The normalized spacial score (nSPS) is 30.3. The van der Waals surface area contributed by atoms with Gasteiger partial charge in [0.25, 0.3) is 5.91 Å². The van der Waals surface area contributed by atoms with Crippen molar-refractivity contribution in [1.82, 2.24) is 19.4 Å². The largest absolute Gasteiger partial charge is 0.487 e. The highest BCUT2D eigenvalue weighted by Crippen LogP contribution is 2.45. The van der Waals surface area contributed by atoms with E-state index in [1.807, 2.05) is 42.2 Å². The van der Waals surface area contributed by atoms with Gasteiger partial charge < -0.3 is 19.4 Å². The van der Waals surface area contributed by atoms with Gasteiger partial charge in [0.1, 0.15) is 12.4 Å². The van der Waals surface area contributed by atoms with Gasteiger partial charge in [0, 0.05) is 82.5 Å². The number of piperazine rings is 2. The molecule has 1 saturated carbocycles. The van der Waals surface area contributed by atoms with Crippen molar-refractivity contribution in [1.29, 1.82) is 0 Å². The minimum absolute atomic E-state index is 0.0940. The summed E-state index contributed by atoms with van der Waals surface area (Å²) in [6, 6.07) is 11.7. The Labute approximate surface area is 321 Å². The van der Waals surface area contributed by atoms with Crippen LogP contribution >= 0.6 is 11.6 Å². The van der Waals surface area contributed by atoms with Crippen molar-refractivity contribution in [2.75, 3.05) is 63.8 Å². The van der Waals surface area contributed by atoms with Gasteiger partial charge in [-0.2, -0.15) is 0 Å². The number of rotatable bonds is 2. The van der Waals surface area contributed by atoms with E-state index in [9.17, 15) is 18.0 Å². The van der Waals surface area contributed by atoms with Crippen molar-refractivity contribution < 1.29 is 22.7 Å². The van der Waals surface area contributed by atoms with E-state index >= 15 is 0 Å². The number of carbonyl (C=O) groups is 2. The number of aryl methyl sites for hydroxylation is 1. The van der Waals surface area contributed by atoms with Crippen LogP contribution in [0.5, 0.6) is 5.75 Å². The van der Waals surface area contributed by atoms with Crippen LogP contribution in [0.3, 0.4) is 0 Å². The molecule has 2 aromatic rings. The summed E-state index contributed by atoms with van der Waals surface area (Å²) in [4.78, 5) is 35.5. The molecular weight excluding hydrogens is 710 g/mol. The van der Waals surface area contributed by atoms with Crippen molar-refractivity contribution >= 4 is 39.1 Å². The lowest BCUT2D eigenvalue weighted by Gasteiger charge is -2.50. The van der Waals surface area contributed by atoms with Crippen molar-refractivity contribution in [2.24, 2.45) is 23.7 Å². The smallest absolute Gasteiger partial charge is 0.264 e. The Bertz CT molecular complexity index is 1760. The Hall–Kier alpha value is -2.86. The van der Waals surface area contributed by atoms with Gasteiger partial charge in [0.2, 0.25) is 15.9 Å². The SMILES string of the molecule is CC(=O)N1CCN2CCN(C[C@H]3CCC[C@H](C)[C@@H](C)S(=O)(=O)NC(=O)c4ccc5c(c4)N(CCCCc4cc(Cl)ccc4CO5)C[C@@H]4CC[C@@H]34)C[C@H]2C1. The molecule has 1 N–H and O–H groups in total. The second kappa shape index (κ2) is 16.5. The van der Waals surface area contributed by atoms with Crippen LogP contribution < -0.4 is 14.4 Å². The third-order valence-electron chi connectivity index (χ3n) is 13.2. The van der Waals surface area contributed by atoms with Gasteiger partial charge in [0.05, 0.1) is 10.9 Å². The molecule has 2 bridgehead atoms. The highest BCUT2D eigenvalue weighted by atomic mass is 35.5. The number of nitrogens with one attached hydrogen (secondary N) is 1. The van der Waals surface area contributed by atoms with Gasteiger partial charge in [-0.25, -0.2) is 13.1 Å². The molecule has 3 fully saturated rings. The molecule has 0 spiro atoms. The van der Waals surface area contributed by atoms with Gasteiger partial charge in [-0.1, -0.05) is 31.0 Å². The molecule has 4 aliphatic heterocycles. The monoisotopic (exact) mass is 767 g/mol. The van der Waals surface area contributed by atoms with Gasteiger partial charge >= 0.3 is 0 Å². The number of hydrogen-bond acceptors (Lipinski definition) is 8. The van der Waals surface area contributed by atoms with E-state index in [4.69, 9.17) is 16.3 Å². The molecule has 1 aliphatic carbocycles. The molecule has 0 aromatic heterocycles. The predicted molar refractivity (Wildman–Crippen MR) is 210 cm³/mol. The van der Waals surface area contributed by atoms with Crippen molar-refractivity contribution in [3.8, 4) is 5.75 Å². The maximum atomic E-state index is 13.6. The number of anilines is 1. The van der Waals surface area contributed by atoms with Crippen LogP contribution in [0.2, 0.25) is 5.02 Å². The zero-order chi connectivity index (χ0) is 37.3. The average molecular weight is 768 g/mol. The summed E-state index contributed by atoms with van der Waals surface area (Å²) >= 11 is 6.41. The standard InChI is InChI=1S/C41H58ClN5O5S/c1-28-7-6-9-33(23-44-17-18-45-19-20-46(30(3)48)26-37(45)25-44)38-14-11-34(38)24-47-16-5-4-8-31-21-36(42)13-10-35(31)27-52-40-15-12-32(22-39(40)47)41(49)43-53(50,51)29(28)2/h10,12-13,15,21-22,28-29,33-34,37-38H,4-9,11,14,16-20,23-27H2,1-3H3,(H,43,49)/t28-,29+,33+,34-,37-,38-/m0/s1. The van der Waals surface area contributed by atoms with Crippen LogP contribution in [-0.4, -0.2) is 105 Å². The van der Waals surface area contributed by atoms with Crippen LogP contribution in [0.1, 0.15) is 87.2 Å². The third-order valence-corrected chi connectivity index (χ3v) is 15.4. The fourth-order valence-electron chi connectivity index (χ4n) is 9.57. The fraction of sp³-hybridized carbons (Fsp3) is 0.659. The summed E-state index contributed by atoms with van der Waals surface area (Å²) in [7, 11) is -3.90. The van der Waals surface area contributed by atoms with Gasteiger partial charge in [0.15, 0.2) is 0 Å². The maximum Gasteiger partial charge on any atom is 0.264 e. The highest BCUT2D eigenvalue weighted by molar-refractivity contribution is 7.90. The quantitative estimate of drug-likeness (QED) is 0.408. The molecular formula is C41H58ClN5O5S. The molecule has 2 saturated heterocycles. The van der Waals surface area contributed by atoms with Gasteiger partial charge in [-0.3, -0.25) is 14.5 Å². The number of ether oxygens (including phenoxy) is 1. The minimum Gasteiger partial charge on any atom is -0.487 e. The van der Waals surface area contributed by atoms with Crippen LogP contribution in [0.4, 0.5) is 5.69 Å². The van der Waals surface area contributed by atoms with Crippen LogP contribution in [0, 0.1) is 23.7 Å². The summed E-state index contributed by atoms with van der Waals surface area (Å²) in [6.07, 6.45) is 8.06. The lowest BCUT2D eigenvalue weighted by molar-refractivity contribution is -0.133. The summed E-state index contributed by atoms with van der Waals surface area (Å²) < 4.78 is 36.1. The molecule has 0 unspecified atom stereocenters. The number of sulfonamides is 1. The topological polar surface area (TPSA) is 102 Å². The Morgan fingerprint density at radius 2 is 1.74 bits per heavy atom. The Morgan fingerprint density at radius 3 is 2.53 bits per heavy atom. The number of halogens is 1. The minimum atomic E-state index is -3.90. The first kappa shape index (κ1) is 38.4. The molecule has 4 heterocycles. The second-order valence-corrected chi connectivity index (χ2v) is 19.0. The molecule has 6 atom stereocenters. The third kappa shape index (κ3) is 8.84. The second-order valence-electron chi connectivity index (χ2n) is 16.6. The Morgan fingerprint density at radius 1 is 0.906 bits per heavy atom. The van der Waals surface area contributed by atoms with Crippen LogP contribution in [0.15, 0.2) is 36.4 Å². The molecule has 7 rings (SSSR count). The average Bonchev–Trinajstić information content (AvgIpc) is 3.15. The maximum absolute atomic E-state index is 13.6. The van der Waals surface area contributed by atoms with Gasteiger partial charge in [-0.05, 0) is 117 Å². The molecule has 53 heavy (non-hydrogen) atoms. The summed E-state index contributed by atoms with van der Waals surface area (Å²) in [5.74, 6) is 1.76. The first-order chi connectivity index (χ1) is 25.4. The van der Waals surface area contributed by atoms with E-state index in [1.54, 1.807) is 19.9 Å². The van der Waals surface area contributed by atoms with E-state index in [2.05, 4.69) is 19.4 Å². The van der Waals surface area contributed by atoms with Crippen molar-refractivity contribution in [3.63, 3.8) is 0 Å². The first-order valence-corrected chi connectivity index (χ1v) is 21.9. The fourth-order valence-corrected chi connectivity index (χ4v) is 11.1. The highest BCUT2D eigenvalue weighted by Gasteiger charge is 2.41. The van der Waals surface area contributed by atoms with E-state index < -0.39 is 21.2 Å². The number of nitrogens with zero attached hydrogens (tertiary/aromatic N) is 4. The lowest BCUT2D eigenvalue weighted by Crippen LogP contribution is -2.63. The van der Waals surface area contributed by atoms with Crippen molar-refractivity contribution in [2.45, 2.75) is 90.0 Å². The molecule has 0 radical (unpaired) electrons. The first-order valence-electron chi connectivity index (χ1n) is 20.0. The number of fused-ring (bicyclic) bond motifs is 4. The van der Waals surface area contributed by atoms with Gasteiger partial charge in [-0.15, -0.1) is 0 Å². The molecule has 5 aliphatic rings. The number of carbonyl (C=O) groups excluding carboxylic acids is 2. The number of amides is 2. The van der Waals surface area contributed by atoms with E-state index in [0.717, 1.165) is 114 Å². The number of benzene rings is 2. The Balaban J connectivity index is 1.18. The molecule has 12 heteroatoms. The summed E-state index contributed by atoms with van der Waals surface area (Å²) in [6.45, 7) is 14.2. The summed E-state index contributed by atoms with van der Waals surface area (Å²) in [5.41, 5.74) is 3.48. The molecule has 290 valence electrons. The van der Waals surface area contributed by atoms with Crippen LogP contribution in [-0.2, 0) is 27.8 Å². The van der Waals surface area contributed by atoms with E-state index in [1.165, 1.54) is 18.4 Å². The van der Waals surface area contributed by atoms with E-state index in [0.29, 0.717) is 41.7 Å². The molecule has 2 amide bonds. The zero-order valence-electron chi connectivity index (χ0n) is 31.8. The molecule has 10 nitrogen and oxygen atoms in total. The zero-order valence-corrected chi connectivity index (χ0v) is 33.3. The van der Waals surface area contributed by atoms with Crippen LogP contribution in [0.25, 0.3) is 0 Å². The predicted octanol–water partition coefficient (Wildman–Crippen LogP) is 5.82. The van der Waals surface area contributed by atoms with Crippen molar-refractivity contribution in [3.05, 3.63) is 58.1 Å². The number of hydrogen-bond donors (Lipinski definition) is 1. The summed E-state index contributed by atoms with van der Waals surface area (Å²) in [5, 5.41) is 0.0229. The molecule has 2 aromatic carbocycles.